The van der Waals surface area contributed by atoms with Gasteiger partial charge in [-0.15, -0.1) is 24.0 Å². The zero-order valence-electron chi connectivity index (χ0n) is 14.2. The van der Waals surface area contributed by atoms with Crippen molar-refractivity contribution in [2.75, 3.05) is 40.0 Å². The molecule has 130 valence electrons. The number of nitrogens with zero attached hydrogens (tertiary/aromatic N) is 1. The third-order valence-electron chi connectivity index (χ3n) is 4.64. The van der Waals surface area contributed by atoms with Crippen LogP contribution in [-0.2, 0) is 9.47 Å². The average molecular weight is 425 g/mol. The lowest BCUT2D eigenvalue weighted by Crippen LogP contribution is -2.45. The normalized spacial score (nSPS) is 26.4. The molecule has 2 N–H and O–H groups in total. The van der Waals surface area contributed by atoms with E-state index >= 15 is 0 Å². The Labute approximate surface area is 152 Å². The molecule has 1 heterocycles. The smallest absolute Gasteiger partial charge is 0.191 e. The highest BCUT2D eigenvalue weighted by Crippen LogP contribution is 2.48. The molecule has 0 aromatic rings. The lowest BCUT2D eigenvalue weighted by Gasteiger charge is -2.25. The topological polar surface area (TPSA) is 54.9 Å². The summed E-state index contributed by atoms with van der Waals surface area (Å²) in [5.41, 5.74) is 0.357. The van der Waals surface area contributed by atoms with Crippen molar-refractivity contribution in [3.8, 4) is 0 Å². The van der Waals surface area contributed by atoms with Crippen molar-refractivity contribution in [3.63, 3.8) is 0 Å². The van der Waals surface area contributed by atoms with E-state index in [1.807, 2.05) is 0 Å². The molecule has 22 heavy (non-hydrogen) atoms. The van der Waals surface area contributed by atoms with E-state index in [1.165, 1.54) is 12.8 Å². The molecular formula is C16H32IN3O2. The molecule has 6 heteroatoms. The molecule has 1 unspecified atom stereocenters. The van der Waals surface area contributed by atoms with Crippen LogP contribution in [0.3, 0.4) is 0 Å². The van der Waals surface area contributed by atoms with Crippen molar-refractivity contribution in [1.82, 2.24) is 10.6 Å². The van der Waals surface area contributed by atoms with Gasteiger partial charge in [0.25, 0.3) is 0 Å². The van der Waals surface area contributed by atoms with Crippen LogP contribution in [0.4, 0.5) is 0 Å². The Morgan fingerprint density at radius 3 is 2.59 bits per heavy atom. The summed E-state index contributed by atoms with van der Waals surface area (Å²) in [5, 5.41) is 6.77. The summed E-state index contributed by atoms with van der Waals surface area (Å²) in [6.07, 6.45) is 5.95. The summed E-state index contributed by atoms with van der Waals surface area (Å²) < 4.78 is 11.0. The third-order valence-corrected chi connectivity index (χ3v) is 4.64. The largest absolute Gasteiger partial charge is 0.385 e. The molecular weight excluding hydrogens is 393 g/mol. The molecule has 5 nitrogen and oxygen atoms in total. The highest BCUT2D eigenvalue weighted by molar-refractivity contribution is 14.0. The lowest BCUT2D eigenvalue weighted by atomic mass is 10.0. The molecule has 0 aromatic heterocycles. The molecule has 2 aliphatic rings. The van der Waals surface area contributed by atoms with Gasteiger partial charge in [0.1, 0.15) is 0 Å². The summed E-state index contributed by atoms with van der Waals surface area (Å²) >= 11 is 0. The van der Waals surface area contributed by atoms with Gasteiger partial charge in [0.05, 0.1) is 5.60 Å². The van der Waals surface area contributed by atoms with Gasteiger partial charge in [0.15, 0.2) is 5.96 Å². The number of ether oxygens (including phenoxy) is 2. The minimum atomic E-state index is -0.0382. The summed E-state index contributed by atoms with van der Waals surface area (Å²) in [4.78, 5) is 4.78. The number of halogens is 1. The van der Waals surface area contributed by atoms with Gasteiger partial charge in [-0.25, -0.2) is 0 Å². The molecule has 1 aliphatic carbocycles. The molecule has 1 saturated heterocycles. The van der Waals surface area contributed by atoms with Crippen molar-refractivity contribution in [2.24, 2.45) is 10.4 Å². The monoisotopic (exact) mass is 425 g/mol. The van der Waals surface area contributed by atoms with Crippen LogP contribution in [0.1, 0.15) is 46.0 Å². The van der Waals surface area contributed by atoms with Gasteiger partial charge in [0, 0.05) is 40.0 Å². The van der Waals surface area contributed by atoms with E-state index in [1.54, 1.807) is 7.11 Å². The van der Waals surface area contributed by atoms with Crippen LogP contribution in [0.25, 0.3) is 0 Å². The quantitative estimate of drug-likeness (QED) is 0.357. The van der Waals surface area contributed by atoms with Gasteiger partial charge in [-0.2, -0.15) is 0 Å². The van der Waals surface area contributed by atoms with Crippen LogP contribution in [0.2, 0.25) is 0 Å². The van der Waals surface area contributed by atoms with Gasteiger partial charge < -0.3 is 20.1 Å². The standard InChI is InChI=1S/C16H31N3O2.HI/c1-4-17-14(18-12-15(2)6-5-10-21-15)19-13-16(7-8-16)9-11-20-3;/h4-13H2,1-3H3,(H2,17,18,19);1H. The van der Waals surface area contributed by atoms with Crippen molar-refractivity contribution in [2.45, 2.75) is 51.6 Å². The van der Waals surface area contributed by atoms with E-state index in [9.17, 15) is 0 Å². The Morgan fingerprint density at radius 1 is 1.27 bits per heavy atom. The van der Waals surface area contributed by atoms with Gasteiger partial charge in [-0.1, -0.05) is 0 Å². The maximum absolute atomic E-state index is 5.82. The Hall–Kier alpha value is -0.0800. The summed E-state index contributed by atoms with van der Waals surface area (Å²) in [5.74, 6) is 0.915. The number of hydrogen-bond acceptors (Lipinski definition) is 3. The predicted molar refractivity (Wildman–Crippen MR) is 101 cm³/mol. The van der Waals surface area contributed by atoms with E-state index in [-0.39, 0.29) is 29.6 Å². The molecule has 0 radical (unpaired) electrons. The minimum Gasteiger partial charge on any atom is -0.385 e. The molecule has 2 rings (SSSR count). The maximum atomic E-state index is 5.82. The first-order valence-corrected chi connectivity index (χ1v) is 8.27. The fourth-order valence-corrected chi connectivity index (χ4v) is 2.82. The van der Waals surface area contributed by atoms with Crippen LogP contribution in [-0.4, -0.2) is 51.5 Å². The first kappa shape index (κ1) is 20.0. The van der Waals surface area contributed by atoms with Gasteiger partial charge in [-0.3, -0.25) is 4.99 Å². The van der Waals surface area contributed by atoms with Gasteiger partial charge >= 0.3 is 0 Å². The van der Waals surface area contributed by atoms with Crippen molar-refractivity contribution < 1.29 is 9.47 Å². The fourth-order valence-electron chi connectivity index (χ4n) is 2.82. The molecule has 0 aromatic carbocycles. The van der Waals surface area contributed by atoms with E-state index in [2.05, 4.69) is 24.5 Å². The van der Waals surface area contributed by atoms with E-state index < -0.39 is 0 Å². The molecule has 0 spiro atoms. The Bertz CT molecular complexity index is 353. The fraction of sp³-hybridized carbons (Fsp3) is 0.938. The zero-order valence-corrected chi connectivity index (χ0v) is 16.6. The lowest BCUT2D eigenvalue weighted by molar-refractivity contribution is 0.0242. The SMILES string of the molecule is CCNC(=NCC1(CCOC)CC1)NCC1(C)CCCO1.I. The summed E-state index contributed by atoms with van der Waals surface area (Å²) in [6.45, 7) is 8.60. The summed E-state index contributed by atoms with van der Waals surface area (Å²) in [6, 6.07) is 0. The second-order valence-corrected chi connectivity index (χ2v) is 6.69. The summed E-state index contributed by atoms with van der Waals surface area (Å²) in [7, 11) is 1.77. The molecule has 1 aliphatic heterocycles. The number of nitrogens with one attached hydrogen (secondary N) is 2. The average Bonchev–Trinajstić information content (AvgIpc) is 3.13. The minimum absolute atomic E-state index is 0. The molecule has 2 fully saturated rings. The van der Waals surface area contributed by atoms with Crippen LogP contribution >= 0.6 is 24.0 Å². The van der Waals surface area contributed by atoms with Crippen LogP contribution in [0.15, 0.2) is 4.99 Å². The number of aliphatic imine (C=N–C) groups is 1. The molecule has 1 saturated carbocycles. The van der Waals surface area contributed by atoms with Crippen molar-refractivity contribution in [3.05, 3.63) is 0 Å². The second-order valence-electron chi connectivity index (χ2n) is 6.69. The van der Waals surface area contributed by atoms with E-state index in [0.29, 0.717) is 5.41 Å². The highest BCUT2D eigenvalue weighted by Gasteiger charge is 2.41. The maximum Gasteiger partial charge on any atom is 0.191 e. The molecule has 0 amide bonds. The van der Waals surface area contributed by atoms with Crippen LogP contribution < -0.4 is 10.6 Å². The zero-order chi connectivity index (χ0) is 15.2. The van der Waals surface area contributed by atoms with Crippen molar-refractivity contribution in [1.29, 1.82) is 0 Å². The van der Waals surface area contributed by atoms with Gasteiger partial charge in [0.2, 0.25) is 0 Å². The molecule has 0 bridgehead atoms. The van der Waals surface area contributed by atoms with Crippen LogP contribution in [0, 0.1) is 5.41 Å². The second kappa shape index (κ2) is 9.27. The Kier molecular flexibility index (Phi) is 8.42. The molecule has 1 atom stereocenters. The van der Waals surface area contributed by atoms with Crippen LogP contribution in [0.5, 0.6) is 0 Å². The number of methoxy groups -OCH3 is 1. The number of guanidine groups is 1. The van der Waals surface area contributed by atoms with E-state index in [4.69, 9.17) is 14.5 Å². The predicted octanol–water partition coefficient (Wildman–Crippen LogP) is 2.55. The van der Waals surface area contributed by atoms with Crippen molar-refractivity contribution >= 4 is 29.9 Å². The number of rotatable bonds is 8. The van der Waals surface area contributed by atoms with E-state index in [0.717, 1.165) is 58.1 Å². The Balaban J connectivity index is 0.00000242. The Morgan fingerprint density at radius 2 is 2.05 bits per heavy atom. The number of hydrogen-bond donors (Lipinski definition) is 2. The third kappa shape index (κ3) is 6.20. The first-order valence-electron chi connectivity index (χ1n) is 8.27. The first-order chi connectivity index (χ1) is 10.1. The highest BCUT2D eigenvalue weighted by atomic mass is 127. The van der Waals surface area contributed by atoms with Gasteiger partial charge in [-0.05, 0) is 51.4 Å².